The minimum atomic E-state index is -1.79. The Kier molecular flexibility index (Phi) is 3.12. The van der Waals surface area contributed by atoms with Gasteiger partial charge in [0, 0.05) is 10.8 Å². The standard InChI is InChI=1S/C16H16O2P/c1-3-11(2)12-8-9-14-13-6-4-5-7-15(13)18-19(17)16(14)10-12/h4-11H,3H2,1-2H3/q+1. The quantitative estimate of drug-likeness (QED) is 0.548. The van der Waals surface area contributed by atoms with Crippen LogP contribution in [0.3, 0.4) is 0 Å². The van der Waals surface area contributed by atoms with Gasteiger partial charge in [-0.15, -0.1) is 0 Å². The Morgan fingerprint density at radius 2 is 1.95 bits per heavy atom. The fourth-order valence-corrected chi connectivity index (χ4v) is 3.46. The maximum absolute atomic E-state index is 12.2. The molecule has 0 N–H and O–H groups in total. The van der Waals surface area contributed by atoms with Gasteiger partial charge in [-0.1, -0.05) is 38.1 Å². The van der Waals surface area contributed by atoms with Crippen LogP contribution in [-0.4, -0.2) is 0 Å². The predicted octanol–water partition coefficient (Wildman–Crippen LogP) is 5.84. The second kappa shape index (κ2) is 4.79. The minimum absolute atomic E-state index is 0.478. The molecule has 0 aliphatic carbocycles. The van der Waals surface area contributed by atoms with Crippen molar-refractivity contribution in [3.05, 3.63) is 48.0 Å². The van der Waals surface area contributed by atoms with E-state index in [0.29, 0.717) is 11.5 Å². The smallest absolute Gasteiger partial charge is 0.250 e. The number of benzene rings is 2. The van der Waals surface area contributed by atoms with E-state index in [2.05, 4.69) is 26.0 Å². The Bertz CT molecular complexity index is 805. The number of rotatable bonds is 2. The van der Waals surface area contributed by atoms with Gasteiger partial charge in [0.1, 0.15) is 0 Å². The highest BCUT2D eigenvalue weighted by Gasteiger charge is 2.17. The maximum Gasteiger partial charge on any atom is 0.597 e. The molecule has 0 bridgehead atoms. The summed E-state index contributed by atoms with van der Waals surface area (Å²) in [4.78, 5) is 0. The van der Waals surface area contributed by atoms with Crippen LogP contribution in [0.2, 0.25) is 0 Å². The monoisotopic (exact) mass is 271 g/mol. The van der Waals surface area contributed by atoms with Crippen molar-refractivity contribution in [2.45, 2.75) is 26.2 Å². The van der Waals surface area contributed by atoms with E-state index >= 15 is 0 Å². The summed E-state index contributed by atoms with van der Waals surface area (Å²) in [5, 5.41) is 2.89. The lowest BCUT2D eigenvalue weighted by Gasteiger charge is -2.07. The van der Waals surface area contributed by atoms with Crippen molar-refractivity contribution in [3.8, 4) is 0 Å². The Labute approximate surface area is 112 Å². The van der Waals surface area contributed by atoms with Crippen LogP contribution in [0.15, 0.2) is 46.7 Å². The molecule has 3 aromatic rings. The van der Waals surface area contributed by atoms with Crippen molar-refractivity contribution in [2.75, 3.05) is 0 Å². The summed E-state index contributed by atoms with van der Waals surface area (Å²) in [5.74, 6) is 0.478. The summed E-state index contributed by atoms with van der Waals surface area (Å²) in [6.45, 7) is 4.35. The van der Waals surface area contributed by atoms with Crippen molar-refractivity contribution >= 4 is 29.1 Å². The van der Waals surface area contributed by atoms with E-state index in [1.807, 2.05) is 30.3 Å². The van der Waals surface area contributed by atoms with Gasteiger partial charge in [0.25, 0.3) is 0 Å². The predicted molar refractivity (Wildman–Crippen MR) is 80.0 cm³/mol. The lowest BCUT2D eigenvalue weighted by molar-refractivity contribution is 0.563. The van der Waals surface area contributed by atoms with Crippen molar-refractivity contribution in [3.63, 3.8) is 0 Å². The third-order valence-corrected chi connectivity index (χ3v) is 4.88. The van der Waals surface area contributed by atoms with Crippen LogP contribution >= 0.6 is 7.65 Å². The summed E-state index contributed by atoms with van der Waals surface area (Å²) < 4.78 is 17.8. The molecule has 96 valence electrons. The largest absolute Gasteiger partial charge is 0.597 e. The number of para-hydroxylation sites is 1. The van der Waals surface area contributed by atoms with Crippen LogP contribution in [0.1, 0.15) is 31.7 Å². The molecule has 0 fully saturated rings. The summed E-state index contributed by atoms with van der Waals surface area (Å²) >= 11 is 0. The summed E-state index contributed by atoms with van der Waals surface area (Å²) in [6, 6.07) is 14.0. The highest BCUT2D eigenvalue weighted by Crippen LogP contribution is 2.37. The fourth-order valence-electron chi connectivity index (χ4n) is 2.38. The second-order valence-electron chi connectivity index (χ2n) is 4.93. The lowest BCUT2D eigenvalue weighted by Crippen LogP contribution is -1.90. The van der Waals surface area contributed by atoms with Gasteiger partial charge >= 0.3 is 7.65 Å². The first-order valence-corrected chi connectivity index (χ1v) is 7.77. The average Bonchev–Trinajstić information content (AvgIpc) is 2.46. The highest BCUT2D eigenvalue weighted by atomic mass is 31.1. The van der Waals surface area contributed by atoms with Crippen molar-refractivity contribution in [2.24, 2.45) is 0 Å². The first-order chi connectivity index (χ1) is 9.20. The average molecular weight is 271 g/mol. The highest BCUT2D eigenvalue weighted by molar-refractivity contribution is 7.37. The first-order valence-electron chi connectivity index (χ1n) is 6.59. The van der Waals surface area contributed by atoms with E-state index in [4.69, 9.17) is 4.20 Å². The van der Waals surface area contributed by atoms with Gasteiger partial charge in [0.05, 0.1) is 0 Å². The first kappa shape index (κ1) is 12.4. The van der Waals surface area contributed by atoms with E-state index in [-0.39, 0.29) is 0 Å². The molecule has 2 aromatic carbocycles. The van der Waals surface area contributed by atoms with Crippen LogP contribution in [0.5, 0.6) is 0 Å². The van der Waals surface area contributed by atoms with Crippen molar-refractivity contribution < 1.29 is 8.76 Å². The SMILES string of the molecule is CCC(C)c1ccc2c3ccccc3o[p+](=O)c2c1. The van der Waals surface area contributed by atoms with E-state index in [9.17, 15) is 4.57 Å². The van der Waals surface area contributed by atoms with Gasteiger partial charge in [-0.05, 0) is 40.7 Å². The molecule has 0 spiro atoms. The van der Waals surface area contributed by atoms with Crippen LogP contribution in [-0.2, 0) is 4.57 Å². The molecule has 0 saturated carbocycles. The second-order valence-corrected chi connectivity index (χ2v) is 6.11. The summed E-state index contributed by atoms with van der Waals surface area (Å²) in [5.41, 5.74) is 1.94. The van der Waals surface area contributed by atoms with Gasteiger partial charge in [-0.3, -0.25) is 0 Å². The van der Waals surface area contributed by atoms with Crippen LogP contribution in [0, 0.1) is 0 Å². The fraction of sp³-hybridized carbons (Fsp3) is 0.250. The van der Waals surface area contributed by atoms with E-state index < -0.39 is 7.65 Å². The van der Waals surface area contributed by atoms with Gasteiger partial charge < -0.3 is 0 Å². The molecule has 3 heteroatoms. The lowest BCUT2D eigenvalue weighted by atomic mass is 9.97. The van der Waals surface area contributed by atoms with Crippen molar-refractivity contribution in [1.82, 2.24) is 0 Å². The zero-order valence-electron chi connectivity index (χ0n) is 11.1. The van der Waals surface area contributed by atoms with Crippen LogP contribution in [0.4, 0.5) is 0 Å². The third-order valence-electron chi connectivity index (χ3n) is 3.76. The Morgan fingerprint density at radius 1 is 1.16 bits per heavy atom. The summed E-state index contributed by atoms with van der Waals surface area (Å²) in [7, 11) is -1.79. The minimum Gasteiger partial charge on any atom is -0.250 e. The maximum atomic E-state index is 12.2. The van der Waals surface area contributed by atoms with E-state index in [1.54, 1.807) is 0 Å². The van der Waals surface area contributed by atoms with Crippen molar-refractivity contribution in [1.29, 1.82) is 0 Å². The number of hydrogen-bond donors (Lipinski definition) is 0. The summed E-state index contributed by atoms with van der Waals surface area (Å²) in [6.07, 6.45) is 1.08. The Hall–Kier alpha value is -1.66. The van der Waals surface area contributed by atoms with Gasteiger partial charge in [-0.2, -0.15) is 0 Å². The molecule has 0 saturated heterocycles. The van der Waals surface area contributed by atoms with Crippen LogP contribution < -0.4 is 0 Å². The normalized spacial score (nSPS) is 13.9. The van der Waals surface area contributed by atoms with Gasteiger partial charge in [0.2, 0.25) is 5.12 Å². The zero-order valence-corrected chi connectivity index (χ0v) is 12.0. The Balaban J connectivity index is 2.38. The molecule has 1 aromatic heterocycles. The van der Waals surface area contributed by atoms with E-state index in [1.165, 1.54) is 5.56 Å². The van der Waals surface area contributed by atoms with Gasteiger partial charge in [-0.25, -0.2) is 4.20 Å². The molecule has 0 aliphatic rings. The number of hydrogen-bond acceptors (Lipinski definition) is 2. The molecule has 0 radical (unpaired) electrons. The number of fused-ring (bicyclic) bond motifs is 3. The topological polar surface area (TPSA) is 30.2 Å². The molecule has 2 nitrogen and oxygen atoms in total. The zero-order chi connectivity index (χ0) is 13.4. The van der Waals surface area contributed by atoms with E-state index in [0.717, 1.165) is 22.3 Å². The van der Waals surface area contributed by atoms with Crippen LogP contribution in [0.25, 0.3) is 21.5 Å². The molecule has 2 atom stereocenters. The molecular weight excluding hydrogens is 255 g/mol. The molecule has 2 unspecified atom stereocenters. The molecular formula is C16H16O2P+. The Morgan fingerprint density at radius 3 is 2.74 bits per heavy atom. The molecule has 3 rings (SSSR count). The molecule has 19 heavy (non-hydrogen) atoms. The third kappa shape index (κ3) is 2.06. The molecule has 0 aliphatic heterocycles. The molecule has 1 heterocycles. The molecule has 0 amide bonds. The van der Waals surface area contributed by atoms with Gasteiger partial charge in [0.15, 0.2) is 5.58 Å².